The molecule has 10 heteroatoms. The Morgan fingerprint density at radius 1 is 1.21 bits per heavy atom. The van der Waals surface area contributed by atoms with Gasteiger partial charge in [-0.15, -0.1) is 0 Å². The Bertz CT molecular complexity index is 1260. The highest BCUT2D eigenvalue weighted by Gasteiger charge is 2.24. The second-order valence-corrected chi connectivity index (χ2v) is 7.93. The predicted molar refractivity (Wildman–Crippen MR) is 118 cm³/mol. The molecule has 0 spiro atoms. The number of rotatable bonds is 7. The molecule has 0 saturated heterocycles. The average molecular weight is 476 g/mol. The van der Waals surface area contributed by atoms with Crippen molar-refractivity contribution in [3.05, 3.63) is 86.4 Å². The van der Waals surface area contributed by atoms with Crippen molar-refractivity contribution in [2.45, 2.75) is 26.0 Å². The SMILES string of the molecule is O=C(CCO)N1CCc2cc(Cn3cnc(OCc4ccc(F)cc4F)c(Cl)c3=O)ccc21. The van der Waals surface area contributed by atoms with Crippen molar-refractivity contribution in [2.24, 2.45) is 0 Å². The van der Waals surface area contributed by atoms with Crippen molar-refractivity contribution in [1.29, 1.82) is 0 Å². The summed E-state index contributed by atoms with van der Waals surface area (Å²) in [7, 11) is 0. The van der Waals surface area contributed by atoms with Gasteiger partial charge in [-0.3, -0.25) is 14.2 Å². The molecule has 1 aliphatic rings. The van der Waals surface area contributed by atoms with Crippen molar-refractivity contribution in [3.8, 4) is 5.88 Å². The van der Waals surface area contributed by atoms with Crippen molar-refractivity contribution in [3.63, 3.8) is 0 Å². The molecule has 7 nitrogen and oxygen atoms in total. The van der Waals surface area contributed by atoms with Crippen molar-refractivity contribution in [2.75, 3.05) is 18.1 Å². The lowest BCUT2D eigenvalue weighted by molar-refractivity contribution is -0.119. The molecule has 0 aliphatic carbocycles. The number of aromatic nitrogens is 2. The fourth-order valence-electron chi connectivity index (χ4n) is 3.69. The molecular weight excluding hydrogens is 456 g/mol. The topological polar surface area (TPSA) is 84.7 Å². The zero-order chi connectivity index (χ0) is 23.5. The first-order chi connectivity index (χ1) is 15.9. The van der Waals surface area contributed by atoms with Crippen LogP contribution in [0.25, 0.3) is 0 Å². The molecule has 2 heterocycles. The monoisotopic (exact) mass is 475 g/mol. The van der Waals surface area contributed by atoms with Gasteiger partial charge in [0, 0.05) is 23.9 Å². The number of halogens is 3. The molecule has 172 valence electrons. The first kappa shape index (κ1) is 22.9. The molecule has 0 bridgehead atoms. The van der Waals surface area contributed by atoms with Gasteiger partial charge in [-0.25, -0.2) is 13.8 Å². The normalized spacial score (nSPS) is 12.7. The van der Waals surface area contributed by atoms with Gasteiger partial charge in [-0.05, 0) is 35.7 Å². The first-order valence-electron chi connectivity index (χ1n) is 10.2. The minimum atomic E-state index is -0.771. The van der Waals surface area contributed by atoms with E-state index in [-0.39, 0.29) is 48.6 Å². The summed E-state index contributed by atoms with van der Waals surface area (Å²) in [6.07, 6.45) is 2.04. The van der Waals surface area contributed by atoms with Crippen LogP contribution in [0.5, 0.6) is 5.88 Å². The molecule has 0 saturated carbocycles. The molecule has 1 N–H and O–H groups in total. The third kappa shape index (κ3) is 4.89. The smallest absolute Gasteiger partial charge is 0.276 e. The zero-order valence-electron chi connectivity index (χ0n) is 17.4. The fourth-order valence-corrected chi connectivity index (χ4v) is 3.90. The van der Waals surface area contributed by atoms with Crippen LogP contribution in [0.3, 0.4) is 0 Å². The van der Waals surface area contributed by atoms with Crippen LogP contribution < -0.4 is 15.2 Å². The van der Waals surface area contributed by atoms with E-state index in [1.165, 1.54) is 17.0 Å². The van der Waals surface area contributed by atoms with Crippen LogP contribution in [0, 0.1) is 11.6 Å². The number of hydrogen-bond donors (Lipinski definition) is 1. The third-order valence-electron chi connectivity index (χ3n) is 5.35. The van der Waals surface area contributed by atoms with Gasteiger partial charge in [0.2, 0.25) is 11.8 Å². The second-order valence-electron chi connectivity index (χ2n) is 7.55. The number of benzene rings is 2. The van der Waals surface area contributed by atoms with E-state index in [9.17, 15) is 18.4 Å². The summed E-state index contributed by atoms with van der Waals surface area (Å²) in [5.41, 5.74) is 2.18. The van der Waals surface area contributed by atoms with Gasteiger partial charge >= 0.3 is 0 Å². The van der Waals surface area contributed by atoms with Crippen LogP contribution in [0.15, 0.2) is 47.5 Å². The van der Waals surface area contributed by atoms with Gasteiger partial charge in [0.1, 0.15) is 24.6 Å². The van der Waals surface area contributed by atoms with Gasteiger partial charge in [-0.2, -0.15) is 0 Å². The van der Waals surface area contributed by atoms with E-state index in [1.807, 2.05) is 18.2 Å². The molecule has 0 radical (unpaired) electrons. The van der Waals surface area contributed by atoms with Gasteiger partial charge in [0.15, 0.2) is 5.02 Å². The number of hydrogen-bond acceptors (Lipinski definition) is 5. The maximum atomic E-state index is 13.8. The summed E-state index contributed by atoms with van der Waals surface area (Å²) in [6.45, 7) is 0.290. The molecule has 0 atom stereocenters. The van der Waals surface area contributed by atoms with Crippen LogP contribution in [-0.2, 0) is 24.4 Å². The number of carbonyl (C=O) groups excluding carboxylic acids is 1. The lowest BCUT2D eigenvalue weighted by atomic mass is 10.1. The van der Waals surface area contributed by atoms with E-state index >= 15 is 0 Å². The molecule has 1 amide bonds. The summed E-state index contributed by atoms with van der Waals surface area (Å²) in [6, 6.07) is 8.64. The van der Waals surface area contributed by atoms with E-state index in [0.29, 0.717) is 13.0 Å². The highest BCUT2D eigenvalue weighted by Crippen LogP contribution is 2.29. The average Bonchev–Trinajstić information content (AvgIpc) is 3.21. The first-order valence-corrected chi connectivity index (χ1v) is 10.6. The molecule has 1 aliphatic heterocycles. The number of anilines is 1. The van der Waals surface area contributed by atoms with Crippen molar-refractivity contribution >= 4 is 23.2 Å². The fraction of sp³-hybridized carbons (Fsp3) is 0.261. The van der Waals surface area contributed by atoms with Gasteiger partial charge in [0.05, 0.1) is 19.6 Å². The van der Waals surface area contributed by atoms with Crippen LogP contribution in [0.4, 0.5) is 14.5 Å². The minimum absolute atomic E-state index is 0.0724. The number of fused-ring (bicyclic) bond motifs is 1. The molecule has 4 rings (SSSR count). The molecule has 2 aromatic carbocycles. The Hall–Kier alpha value is -3.30. The molecule has 0 unspecified atom stereocenters. The summed E-state index contributed by atoms with van der Waals surface area (Å²) in [5, 5.41) is 8.75. The lowest BCUT2D eigenvalue weighted by Gasteiger charge is -2.17. The molecule has 1 aromatic heterocycles. The summed E-state index contributed by atoms with van der Waals surface area (Å²) < 4.78 is 33.5. The minimum Gasteiger partial charge on any atom is -0.471 e. The largest absolute Gasteiger partial charge is 0.471 e. The van der Waals surface area contributed by atoms with Crippen molar-refractivity contribution < 1.29 is 23.4 Å². The van der Waals surface area contributed by atoms with E-state index in [4.69, 9.17) is 21.4 Å². The maximum absolute atomic E-state index is 13.8. The van der Waals surface area contributed by atoms with E-state index in [2.05, 4.69) is 4.98 Å². The highest BCUT2D eigenvalue weighted by atomic mass is 35.5. The van der Waals surface area contributed by atoms with Gasteiger partial charge in [-0.1, -0.05) is 23.7 Å². The Morgan fingerprint density at radius 2 is 2.03 bits per heavy atom. The van der Waals surface area contributed by atoms with Crippen LogP contribution in [0.2, 0.25) is 5.02 Å². The number of ether oxygens (including phenoxy) is 1. The van der Waals surface area contributed by atoms with E-state index < -0.39 is 17.2 Å². The van der Waals surface area contributed by atoms with Gasteiger partial charge in [0.25, 0.3) is 5.56 Å². The number of amides is 1. The number of nitrogens with zero attached hydrogens (tertiary/aromatic N) is 3. The maximum Gasteiger partial charge on any atom is 0.276 e. The van der Waals surface area contributed by atoms with E-state index in [1.54, 1.807) is 4.90 Å². The Kier molecular flexibility index (Phi) is 6.71. The van der Waals surface area contributed by atoms with Crippen LogP contribution in [-0.4, -0.2) is 33.7 Å². The predicted octanol–water partition coefficient (Wildman–Crippen LogP) is 3.07. The molecule has 3 aromatic rings. The lowest BCUT2D eigenvalue weighted by Crippen LogP contribution is -2.29. The highest BCUT2D eigenvalue weighted by molar-refractivity contribution is 6.31. The summed E-state index contributed by atoms with van der Waals surface area (Å²) in [5.74, 6) is -1.75. The quantitative estimate of drug-likeness (QED) is 0.567. The standard InChI is InChI=1S/C23H20ClF2N3O4/c24-21-22(33-12-16-2-3-17(25)10-18(16)26)27-13-28(23(21)32)11-14-1-4-19-15(9-14)5-7-29(19)20(31)6-8-30/h1-4,9-10,13,30H,5-8,11-12H2. The third-order valence-corrected chi connectivity index (χ3v) is 5.67. The van der Waals surface area contributed by atoms with E-state index in [0.717, 1.165) is 28.9 Å². The molecule has 0 fully saturated rings. The van der Waals surface area contributed by atoms with Gasteiger partial charge < -0.3 is 14.7 Å². The summed E-state index contributed by atoms with van der Waals surface area (Å²) >= 11 is 6.13. The second kappa shape index (κ2) is 9.68. The van der Waals surface area contributed by atoms with Crippen LogP contribution in [0.1, 0.15) is 23.1 Å². The molecule has 33 heavy (non-hydrogen) atoms. The number of aliphatic hydroxyl groups is 1. The summed E-state index contributed by atoms with van der Waals surface area (Å²) in [4.78, 5) is 30.5. The Balaban J connectivity index is 1.48. The Labute approximate surface area is 192 Å². The number of aliphatic hydroxyl groups excluding tert-OH is 1. The van der Waals surface area contributed by atoms with Crippen molar-refractivity contribution in [1.82, 2.24) is 9.55 Å². The molecular formula is C23H20ClF2N3O4. The zero-order valence-corrected chi connectivity index (χ0v) is 18.2. The Morgan fingerprint density at radius 3 is 2.79 bits per heavy atom. The van der Waals surface area contributed by atoms with Crippen LogP contribution >= 0.6 is 11.6 Å². The number of carbonyl (C=O) groups is 1.